The van der Waals surface area contributed by atoms with Gasteiger partial charge in [0, 0.05) is 18.7 Å². The number of carboxylic acids is 1. The van der Waals surface area contributed by atoms with Crippen molar-refractivity contribution in [1.82, 2.24) is 4.90 Å². The van der Waals surface area contributed by atoms with Gasteiger partial charge in [0.05, 0.1) is 12.5 Å². The molecule has 1 atom stereocenters. The van der Waals surface area contributed by atoms with Gasteiger partial charge in [-0.05, 0) is 32.9 Å². The summed E-state index contributed by atoms with van der Waals surface area (Å²) in [5.41, 5.74) is 1.70. The number of hydrogen-bond donors (Lipinski definition) is 1. The Balaban J connectivity index is 2.11. The summed E-state index contributed by atoms with van der Waals surface area (Å²) >= 11 is 0. The molecule has 0 aliphatic carbocycles. The fourth-order valence-electron chi connectivity index (χ4n) is 2.64. The highest BCUT2D eigenvalue weighted by Gasteiger charge is 2.40. The number of rotatable bonds is 4. The number of hydrogen-bond acceptors (Lipinski definition) is 3. The lowest BCUT2D eigenvalue weighted by atomic mass is 9.90. The van der Waals surface area contributed by atoms with Gasteiger partial charge in [-0.15, -0.1) is 0 Å². The van der Waals surface area contributed by atoms with Crippen LogP contribution in [0.15, 0.2) is 18.2 Å². The van der Waals surface area contributed by atoms with Gasteiger partial charge in [0.1, 0.15) is 5.75 Å². The molecule has 1 aromatic rings. The second kappa shape index (κ2) is 5.21. The molecule has 0 amide bonds. The Kier molecular flexibility index (Phi) is 3.80. The Bertz CT molecular complexity index is 486. The first-order valence-corrected chi connectivity index (χ1v) is 6.54. The van der Waals surface area contributed by atoms with Crippen LogP contribution in [0.3, 0.4) is 0 Å². The van der Waals surface area contributed by atoms with Crippen molar-refractivity contribution in [3.63, 3.8) is 0 Å². The number of ether oxygens (including phenoxy) is 1. The van der Waals surface area contributed by atoms with Gasteiger partial charge in [-0.2, -0.15) is 0 Å². The first kappa shape index (κ1) is 13.9. The predicted octanol–water partition coefficient (Wildman–Crippen LogP) is 2.30. The Morgan fingerprint density at radius 3 is 2.84 bits per heavy atom. The van der Waals surface area contributed by atoms with Crippen molar-refractivity contribution in [2.45, 2.75) is 26.8 Å². The maximum absolute atomic E-state index is 11.2. The number of carboxylic acid groups (broad SMARTS) is 1. The van der Waals surface area contributed by atoms with E-state index in [0.29, 0.717) is 13.0 Å². The van der Waals surface area contributed by atoms with E-state index in [4.69, 9.17) is 4.74 Å². The van der Waals surface area contributed by atoms with Gasteiger partial charge in [0.2, 0.25) is 0 Å². The summed E-state index contributed by atoms with van der Waals surface area (Å²) in [7, 11) is 1.67. The molecule has 4 nitrogen and oxygen atoms in total. The van der Waals surface area contributed by atoms with Crippen LogP contribution in [-0.2, 0) is 11.3 Å². The summed E-state index contributed by atoms with van der Waals surface area (Å²) in [6.07, 6.45) is 0.705. The van der Waals surface area contributed by atoms with E-state index in [9.17, 15) is 9.90 Å². The molecule has 1 aliphatic rings. The van der Waals surface area contributed by atoms with E-state index < -0.39 is 11.4 Å². The molecule has 1 saturated heterocycles. The molecule has 0 radical (unpaired) electrons. The van der Waals surface area contributed by atoms with Crippen molar-refractivity contribution in [2.24, 2.45) is 5.41 Å². The third-order valence-corrected chi connectivity index (χ3v) is 3.90. The van der Waals surface area contributed by atoms with Crippen LogP contribution < -0.4 is 4.74 Å². The summed E-state index contributed by atoms with van der Waals surface area (Å²) in [6.45, 7) is 6.03. The highest BCUT2D eigenvalue weighted by Crippen LogP contribution is 2.32. The number of likely N-dealkylation sites (tertiary alicyclic amines) is 1. The van der Waals surface area contributed by atoms with Crippen molar-refractivity contribution in [2.75, 3.05) is 20.2 Å². The second-order valence-corrected chi connectivity index (χ2v) is 5.64. The molecule has 1 unspecified atom stereocenters. The fraction of sp³-hybridized carbons (Fsp3) is 0.533. The standard InChI is InChI=1S/C15H21NO3/c1-11-4-5-13(19-3)12(8-11)9-16-7-6-15(2,10-16)14(17)18/h4-5,8H,6-7,9-10H2,1-3H3,(H,17,18). The van der Waals surface area contributed by atoms with Crippen molar-refractivity contribution in [3.8, 4) is 5.75 Å². The van der Waals surface area contributed by atoms with E-state index in [1.807, 2.05) is 26.0 Å². The topological polar surface area (TPSA) is 49.8 Å². The van der Waals surface area contributed by atoms with Crippen LogP contribution in [0.25, 0.3) is 0 Å². The van der Waals surface area contributed by atoms with Crippen LogP contribution in [0.5, 0.6) is 5.75 Å². The van der Waals surface area contributed by atoms with Crippen molar-refractivity contribution < 1.29 is 14.6 Å². The molecule has 0 spiro atoms. The van der Waals surface area contributed by atoms with Gasteiger partial charge < -0.3 is 9.84 Å². The summed E-state index contributed by atoms with van der Waals surface area (Å²) in [4.78, 5) is 13.4. The van der Waals surface area contributed by atoms with E-state index >= 15 is 0 Å². The van der Waals surface area contributed by atoms with Crippen molar-refractivity contribution in [1.29, 1.82) is 0 Å². The van der Waals surface area contributed by atoms with E-state index in [1.165, 1.54) is 5.56 Å². The number of aliphatic carboxylic acids is 1. The first-order valence-electron chi connectivity index (χ1n) is 6.54. The summed E-state index contributed by atoms with van der Waals surface area (Å²) in [5.74, 6) is 0.167. The minimum Gasteiger partial charge on any atom is -0.496 e. The molecule has 2 rings (SSSR count). The third kappa shape index (κ3) is 2.89. The molecule has 4 heteroatoms. The first-order chi connectivity index (χ1) is 8.94. The van der Waals surface area contributed by atoms with Crippen molar-refractivity contribution >= 4 is 5.97 Å². The lowest BCUT2D eigenvalue weighted by Gasteiger charge is -2.21. The van der Waals surface area contributed by atoms with Crippen LogP contribution in [0.4, 0.5) is 0 Å². The van der Waals surface area contributed by atoms with Gasteiger partial charge in [0.15, 0.2) is 0 Å². The van der Waals surface area contributed by atoms with Gasteiger partial charge in [-0.25, -0.2) is 0 Å². The smallest absolute Gasteiger partial charge is 0.310 e. The molecular formula is C15H21NO3. The molecule has 104 valence electrons. The van der Waals surface area contributed by atoms with Gasteiger partial charge >= 0.3 is 5.97 Å². The van der Waals surface area contributed by atoms with E-state index in [1.54, 1.807) is 7.11 Å². The maximum Gasteiger partial charge on any atom is 0.310 e. The third-order valence-electron chi connectivity index (χ3n) is 3.90. The average molecular weight is 263 g/mol. The lowest BCUT2D eigenvalue weighted by Crippen LogP contribution is -2.31. The normalized spacial score (nSPS) is 23.5. The van der Waals surface area contributed by atoms with Gasteiger partial charge in [-0.3, -0.25) is 9.69 Å². The van der Waals surface area contributed by atoms with Crippen LogP contribution in [0, 0.1) is 12.3 Å². The van der Waals surface area contributed by atoms with Gasteiger partial charge in [-0.1, -0.05) is 17.7 Å². The maximum atomic E-state index is 11.2. The molecular weight excluding hydrogens is 242 g/mol. The fourth-order valence-corrected chi connectivity index (χ4v) is 2.64. The van der Waals surface area contributed by atoms with Crippen LogP contribution in [-0.4, -0.2) is 36.2 Å². The minimum atomic E-state index is -0.703. The largest absolute Gasteiger partial charge is 0.496 e. The highest BCUT2D eigenvalue weighted by atomic mass is 16.5. The summed E-state index contributed by atoms with van der Waals surface area (Å²) < 4.78 is 5.37. The van der Waals surface area contributed by atoms with E-state index in [2.05, 4.69) is 11.0 Å². The highest BCUT2D eigenvalue weighted by molar-refractivity contribution is 5.74. The number of nitrogens with zero attached hydrogens (tertiary/aromatic N) is 1. The Morgan fingerprint density at radius 1 is 1.53 bits per heavy atom. The molecule has 1 heterocycles. The molecule has 19 heavy (non-hydrogen) atoms. The Hall–Kier alpha value is -1.55. The number of benzene rings is 1. The van der Waals surface area contributed by atoms with Gasteiger partial charge in [0.25, 0.3) is 0 Å². The average Bonchev–Trinajstić information content (AvgIpc) is 2.73. The summed E-state index contributed by atoms with van der Waals surface area (Å²) in [5, 5.41) is 9.25. The molecule has 0 aromatic heterocycles. The SMILES string of the molecule is COc1ccc(C)cc1CN1CCC(C)(C(=O)O)C1. The number of aryl methyl sites for hydroxylation is 1. The predicted molar refractivity (Wildman–Crippen MR) is 73.4 cm³/mol. The number of carbonyl (C=O) groups is 1. The second-order valence-electron chi connectivity index (χ2n) is 5.64. The lowest BCUT2D eigenvalue weighted by molar-refractivity contribution is -0.147. The molecule has 0 saturated carbocycles. The quantitative estimate of drug-likeness (QED) is 0.905. The Labute approximate surface area is 114 Å². The van der Waals surface area contributed by atoms with Crippen molar-refractivity contribution in [3.05, 3.63) is 29.3 Å². The summed E-state index contributed by atoms with van der Waals surface area (Å²) in [6, 6.07) is 6.10. The van der Waals surface area contributed by atoms with Crippen LogP contribution in [0.2, 0.25) is 0 Å². The van der Waals surface area contributed by atoms with Crippen LogP contribution in [0.1, 0.15) is 24.5 Å². The van der Waals surface area contributed by atoms with E-state index in [-0.39, 0.29) is 0 Å². The van der Waals surface area contributed by atoms with E-state index in [0.717, 1.165) is 24.4 Å². The monoisotopic (exact) mass is 263 g/mol. The zero-order chi connectivity index (χ0) is 14.0. The molecule has 1 N–H and O–H groups in total. The zero-order valence-corrected chi connectivity index (χ0v) is 11.8. The molecule has 1 aromatic carbocycles. The minimum absolute atomic E-state index is 0.597. The molecule has 1 fully saturated rings. The van der Waals surface area contributed by atoms with Crippen LogP contribution >= 0.6 is 0 Å². The number of methoxy groups -OCH3 is 1. The Morgan fingerprint density at radius 2 is 2.26 bits per heavy atom. The molecule has 1 aliphatic heterocycles. The zero-order valence-electron chi connectivity index (χ0n) is 11.8. The molecule has 0 bridgehead atoms.